The minimum atomic E-state index is 0.295. The van der Waals surface area contributed by atoms with Crippen LogP contribution >= 0.6 is 0 Å². The van der Waals surface area contributed by atoms with Gasteiger partial charge in [-0.15, -0.1) is 0 Å². The van der Waals surface area contributed by atoms with Gasteiger partial charge in [0.15, 0.2) is 5.78 Å². The number of benzene rings is 1. The van der Waals surface area contributed by atoms with E-state index < -0.39 is 0 Å². The van der Waals surface area contributed by atoms with Gasteiger partial charge in [-0.1, -0.05) is 18.2 Å². The Bertz CT molecular complexity index is 444. The number of para-hydroxylation sites is 1. The van der Waals surface area contributed by atoms with Crippen LogP contribution in [0.2, 0.25) is 0 Å². The lowest BCUT2D eigenvalue weighted by molar-refractivity contribution is -0.114. The fourth-order valence-corrected chi connectivity index (χ4v) is 2.23. The molecule has 16 heavy (non-hydrogen) atoms. The van der Waals surface area contributed by atoms with Crippen molar-refractivity contribution < 1.29 is 9.53 Å². The molecule has 2 rings (SSSR count). The van der Waals surface area contributed by atoms with E-state index in [1.54, 1.807) is 7.11 Å². The molecule has 0 saturated heterocycles. The summed E-state index contributed by atoms with van der Waals surface area (Å²) >= 11 is 0. The van der Waals surface area contributed by atoms with Crippen LogP contribution in [0.25, 0.3) is 5.57 Å². The summed E-state index contributed by atoms with van der Waals surface area (Å²) in [7, 11) is 1.66. The van der Waals surface area contributed by atoms with Gasteiger partial charge in [-0.25, -0.2) is 0 Å². The van der Waals surface area contributed by atoms with E-state index in [9.17, 15) is 4.79 Å². The van der Waals surface area contributed by atoms with Crippen molar-refractivity contribution in [3.8, 4) is 5.75 Å². The monoisotopic (exact) mass is 216 g/mol. The van der Waals surface area contributed by atoms with Crippen LogP contribution in [-0.4, -0.2) is 12.9 Å². The molecular weight excluding hydrogens is 200 g/mol. The summed E-state index contributed by atoms with van der Waals surface area (Å²) in [6.07, 6.45) is 2.59. The highest BCUT2D eigenvalue weighted by molar-refractivity contribution is 6.04. The van der Waals surface area contributed by atoms with E-state index in [4.69, 9.17) is 4.74 Å². The molecule has 0 aliphatic heterocycles. The van der Waals surface area contributed by atoms with Crippen molar-refractivity contribution in [3.63, 3.8) is 0 Å². The Labute approximate surface area is 95.9 Å². The van der Waals surface area contributed by atoms with E-state index in [2.05, 4.69) is 0 Å². The molecule has 0 unspecified atom stereocenters. The molecular formula is C14H16O2. The molecule has 0 bridgehead atoms. The number of ketones is 1. The van der Waals surface area contributed by atoms with Gasteiger partial charge in [-0.3, -0.25) is 4.79 Å². The molecule has 1 saturated carbocycles. The van der Waals surface area contributed by atoms with E-state index in [1.165, 1.54) is 0 Å². The predicted octanol–water partition coefficient (Wildman–Crippen LogP) is 3.22. The number of hydrogen-bond donors (Lipinski definition) is 0. The van der Waals surface area contributed by atoms with Gasteiger partial charge in [0.1, 0.15) is 5.75 Å². The predicted molar refractivity (Wildman–Crippen MR) is 64.4 cm³/mol. The second-order valence-electron chi connectivity index (χ2n) is 4.08. The Kier molecular flexibility index (Phi) is 3.09. The van der Waals surface area contributed by atoms with Crippen LogP contribution in [0.3, 0.4) is 0 Å². The van der Waals surface area contributed by atoms with Crippen LogP contribution in [0.4, 0.5) is 0 Å². The quantitative estimate of drug-likeness (QED) is 0.709. The van der Waals surface area contributed by atoms with Crippen molar-refractivity contribution in [1.82, 2.24) is 0 Å². The number of carbonyl (C=O) groups excluding carboxylic acids is 1. The van der Waals surface area contributed by atoms with Crippen LogP contribution < -0.4 is 4.74 Å². The van der Waals surface area contributed by atoms with Crippen molar-refractivity contribution in [2.24, 2.45) is 0 Å². The Hall–Kier alpha value is -1.57. The molecule has 0 aromatic heterocycles. The Morgan fingerprint density at radius 1 is 1.25 bits per heavy atom. The van der Waals surface area contributed by atoms with Crippen molar-refractivity contribution in [2.75, 3.05) is 7.11 Å². The maximum atomic E-state index is 11.7. The zero-order valence-corrected chi connectivity index (χ0v) is 9.75. The molecule has 1 aliphatic carbocycles. The number of carbonyl (C=O) groups is 1. The summed E-state index contributed by atoms with van der Waals surface area (Å²) in [6.45, 7) is 2.01. The number of rotatable bonds is 2. The lowest BCUT2D eigenvalue weighted by atomic mass is 9.99. The van der Waals surface area contributed by atoms with E-state index in [-0.39, 0.29) is 0 Å². The molecule has 1 aliphatic rings. The number of methoxy groups -OCH3 is 1. The first-order chi connectivity index (χ1) is 7.74. The number of allylic oxidation sites excluding steroid dienone is 2. The minimum absolute atomic E-state index is 0.295. The first-order valence-electron chi connectivity index (χ1n) is 5.60. The molecule has 0 amide bonds. The fourth-order valence-electron chi connectivity index (χ4n) is 2.23. The second kappa shape index (κ2) is 4.52. The lowest BCUT2D eigenvalue weighted by Gasteiger charge is -2.10. The minimum Gasteiger partial charge on any atom is -0.496 e. The van der Waals surface area contributed by atoms with E-state index >= 15 is 0 Å². The summed E-state index contributed by atoms with van der Waals surface area (Å²) in [5.74, 6) is 1.13. The molecule has 84 valence electrons. The Balaban J connectivity index is 2.47. The first-order valence-corrected chi connectivity index (χ1v) is 5.60. The molecule has 0 N–H and O–H groups in total. The maximum absolute atomic E-state index is 11.7. The second-order valence-corrected chi connectivity index (χ2v) is 4.08. The average molecular weight is 216 g/mol. The van der Waals surface area contributed by atoms with Crippen molar-refractivity contribution >= 4 is 11.4 Å². The smallest absolute Gasteiger partial charge is 0.159 e. The van der Waals surface area contributed by atoms with Gasteiger partial charge in [0.2, 0.25) is 0 Å². The van der Waals surface area contributed by atoms with Gasteiger partial charge in [0.05, 0.1) is 7.11 Å². The van der Waals surface area contributed by atoms with Crippen LogP contribution in [0.1, 0.15) is 31.7 Å². The van der Waals surface area contributed by atoms with Crippen LogP contribution in [0.15, 0.2) is 29.8 Å². The molecule has 2 nitrogen and oxygen atoms in total. The Morgan fingerprint density at radius 3 is 2.62 bits per heavy atom. The normalized spacial score (nSPS) is 18.8. The molecule has 0 heterocycles. The molecule has 1 aromatic rings. The van der Waals surface area contributed by atoms with Gasteiger partial charge in [-0.2, -0.15) is 0 Å². The fraction of sp³-hybridized carbons (Fsp3) is 0.357. The largest absolute Gasteiger partial charge is 0.496 e. The summed E-state index contributed by atoms with van der Waals surface area (Å²) in [6, 6.07) is 7.85. The Morgan fingerprint density at radius 2 is 2.00 bits per heavy atom. The summed E-state index contributed by atoms with van der Waals surface area (Å²) in [5, 5.41) is 0. The van der Waals surface area contributed by atoms with Crippen molar-refractivity contribution in [2.45, 2.75) is 26.2 Å². The molecule has 2 heteroatoms. The maximum Gasteiger partial charge on any atom is 0.159 e. The van der Waals surface area contributed by atoms with Crippen LogP contribution in [-0.2, 0) is 4.79 Å². The zero-order valence-electron chi connectivity index (χ0n) is 9.75. The number of Topliss-reactive ketones (excluding diaryl/α,β-unsaturated/α-hetero) is 1. The van der Waals surface area contributed by atoms with Crippen molar-refractivity contribution in [3.05, 3.63) is 35.4 Å². The molecule has 0 radical (unpaired) electrons. The molecule has 0 spiro atoms. The highest BCUT2D eigenvalue weighted by atomic mass is 16.5. The van der Waals surface area contributed by atoms with Gasteiger partial charge >= 0.3 is 0 Å². The van der Waals surface area contributed by atoms with E-state index in [0.29, 0.717) is 12.2 Å². The van der Waals surface area contributed by atoms with Crippen LogP contribution in [0, 0.1) is 0 Å². The lowest BCUT2D eigenvalue weighted by Crippen LogP contribution is -1.97. The van der Waals surface area contributed by atoms with Crippen LogP contribution in [0.5, 0.6) is 5.75 Å². The molecule has 1 aromatic carbocycles. The standard InChI is InChI=1S/C14H16O2/c1-10(11-7-5-8-13(11)15)12-6-3-4-9-14(12)16-2/h3-4,6,9H,5,7-8H2,1-2H3/b11-10+. The highest BCUT2D eigenvalue weighted by Crippen LogP contribution is 2.33. The summed E-state index contributed by atoms with van der Waals surface area (Å²) < 4.78 is 5.32. The van der Waals surface area contributed by atoms with Gasteiger partial charge in [0.25, 0.3) is 0 Å². The first kappa shape index (κ1) is 10.9. The SMILES string of the molecule is COc1ccccc1/C(C)=C1\CCCC1=O. The highest BCUT2D eigenvalue weighted by Gasteiger charge is 2.20. The van der Waals surface area contributed by atoms with E-state index in [0.717, 1.165) is 35.3 Å². The number of ether oxygens (including phenoxy) is 1. The third kappa shape index (κ3) is 1.87. The van der Waals surface area contributed by atoms with Gasteiger partial charge in [-0.05, 0) is 37.0 Å². The van der Waals surface area contributed by atoms with Gasteiger partial charge in [0, 0.05) is 12.0 Å². The average Bonchev–Trinajstić information content (AvgIpc) is 2.74. The third-order valence-electron chi connectivity index (χ3n) is 3.13. The summed E-state index contributed by atoms with van der Waals surface area (Å²) in [5.41, 5.74) is 3.08. The summed E-state index contributed by atoms with van der Waals surface area (Å²) in [4.78, 5) is 11.7. The van der Waals surface area contributed by atoms with Gasteiger partial charge < -0.3 is 4.74 Å². The third-order valence-corrected chi connectivity index (χ3v) is 3.13. The zero-order chi connectivity index (χ0) is 11.5. The topological polar surface area (TPSA) is 26.3 Å². The molecule has 0 atom stereocenters. The van der Waals surface area contributed by atoms with E-state index in [1.807, 2.05) is 31.2 Å². The number of hydrogen-bond acceptors (Lipinski definition) is 2. The van der Waals surface area contributed by atoms with Crippen molar-refractivity contribution in [1.29, 1.82) is 0 Å². The molecule has 1 fully saturated rings.